The van der Waals surface area contributed by atoms with E-state index < -0.39 is 0 Å². The summed E-state index contributed by atoms with van der Waals surface area (Å²) >= 11 is 8.58. The van der Waals surface area contributed by atoms with Crippen molar-refractivity contribution in [1.29, 1.82) is 0 Å². The van der Waals surface area contributed by atoms with Crippen molar-refractivity contribution in [3.63, 3.8) is 0 Å². The van der Waals surface area contributed by atoms with Gasteiger partial charge in [-0.1, -0.05) is 33.0 Å². The Kier molecular flexibility index (Phi) is 6.69. The van der Waals surface area contributed by atoms with E-state index in [9.17, 15) is 0 Å². The molecule has 0 aromatic heterocycles. The molecule has 0 unspecified atom stereocenters. The monoisotopic (exact) mass is 222 g/mol. The van der Waals surface area contributed by atoms with Crippen LogP contribution in [0, 0.1) is 5.41 Å². The summed E-state index contributed by atoms with van der Waals surface area (Å²) < 4.78 is 1.07. The molecule has 0 aliphatic rings. The molecule has 0 rings (SSSR count). The fourth-order valence-corrected chi connectivity index (χ4v) is 2.24. The third kappa shape index (κ3) is 8.88. The van der Waals surface area contributed by atoms with Crippen LogP contribution in [0.25, 0.3) is 0 Å². The zero-order chi connectivity index (χ0) is 9.61. The normalized spacial score (nSPS) is 11.7. The molecule has 0 saturated heterocycles. The fraction of sp³-hybridized carbons (Fsp3) is 0.889. The quantitative estimate of drug-likeness (QED) is 0.519. The Hall–Kier alpha value is 0.790. The number of hydrogen-bond acceptors (Lipinski definition) is 3. The molecule has 0 aliphatic carbocycles. The summed E-state index contributed by atoms with van der Waals surface area (Å²) in [5.74, 6) is 1.18. The predicted molar refractivity (Wildman–Crippen MR) is 67.3 cm³/mol. The molecule has 0 aromatic rings. The van der Waals surface area contributed by atoms with Gasteiger partial charge in [0.25, 0.3) is 0 Å². The molecular formula is C9H18S3. The lowest BCUT2D eigenvalue weighted by molar-refractivity contribution is 0.375. The Morgan fingerprint density at radius 3 is 2.33 bits per heavy atom. The van der Waals surface area contributed by atoms with Crippen molar-refractivity contribution in [2.24, 2.45) is 5.41 Å². The molecule has 0 N–H and O–H groups in total. The summed E-state index contributed by atoms with van der Waals surface area (Å²) in [6, 6.07) is 0. The van der Waals surface area contributed by atoms with Gasteiger partial charge in [0.2, 0.25) is 0 Å². The van der Waals surface area contributed by atoms with E-state index in [-0.39, 0.29) is 0 Å². The molecule has 0 aliphatic heterocycles. The zero-order valence-corrected chi connectivity index (χ0v) is 10.8. The molecule has 0 heterocycles. The summed E-state index contributed by atoms with van der Waals surface area (Å²) in [5.41, 5.74) is 0.474. The lowest BCUT2D eigenvalue weighted by Gasteiger charge is -2.17. The van der Waals surface area contributed by atoms with Crippen molar-refractivity contribution < 1.29 is 0 Å². The minimum absolute atomic E-state index is 0.474. The number of thiocarbonyl (C=S) groups is 1. The van der Waals surface area contributed by atoms with Gasteiger partial charge in [-0.2, -0.15) is 0 Å². The maximum Gasteiger partial charge on any atom is 0.103 e. The van der Waals surface area contributed by atoms with Crippen molar-refractivity contribution in [3.05, 3.63) is 0 Å². The van der Waals surface area contributed by atoms with Gasteiger partial charge in [-0.25, -0.2) is 0 Å². The third-order valence-corrected chi connectivity index (χ3v) is 4.23. The smallest absolute Gasteiger partial charge is 0.103 e. The average molecular weight is 222 g/mol. The standard InChI is InChI=1S/C9H18S3/c1-9(2,3)6-5-7-12-8(10)11-4/h5-7H2,1-4H3. The van der Waals surface area contributed by atoms with Crippen molar-refractivity contribution in [3.8, 4) is 0 Å². The van der Waals surface area contributed by atoms with Crippen molar-refractivity contribution in [2.45, 2.75) is 33.6 Å². The highest BCUT2D eigenvalue weighted by Gasteiger charge is 2.09. The molecule has 0 aromatic carbocycles. The Labute approximate surface area is 90.3 Å². The fourth-order valence-electron chi connectivity index (χ4n) is 0.817. The highest BCUT2D eigenvalue weighted by Crippen LogP contribution is 2.23. The summed E-state index contributed by atoms with van der Waals surface area (Å²) in [6.07, 6.45) is 4.60. The van der Waals surface area contributed by atoms with Crippen molar-refractivity contribution >= 4 is 39.3 Å². The SMILES string of the molecule is CSC(=S)SCCCC(C)(C)C. The van der Waals surface area contributed by atoms with E-state index in [1.54, 1.807) is 11.8 Å². The first kappa shape index (κ1) is 12.8. The van der Waals surface area contributed by atoms with Crippen LogP contribution in [-0.2, 0) is 0 Å². The molecule has 0 radical (unpaired) electrons. The zero-order valence-electron chi connectivity index (χ0n) is 8.35. The van der Waals surface area contributed by atoms with Gasteiger partial charge in [-0.15, -0.1) is 23.5 Å². The van der Waals surface area contributed by atoms with Crippen molar-refractivity contribution in [2.75, 3.05) is 12.0 Å². The molecule has 72 valence electrons. The molecule has 0 saturated carbocycles. The summed E-state index contributed by atoms with van der Waals surface area (Å²) in [6.45, 7) is 6.85. The first-order valence-electron chi connectivity index (χ1n) is 4.16. The molecule has 0 spiro atoms. The van der Waals surface area contributed by atoms with E-state index in [1.165, 1.54) is 18.6 Å². The first-order valence-corrected chi connectivity index (χ1v) is 6.78. The van der Waals surface area contributed by atoms with Gasteiger partial charge >= 0.3 is 0 Å². The molecule has 0 atom stereocenters. The number of thioether (sulfide) groups is 2. The maximum atomic E-state index is 5.09. The minimum Gasteiger partial charge on any atom is -0.111 e. The highest BCUT2D eigenvalue weighted by atomic mass is 32.2. The Morgan fingerprint density at radius 2 is 1.92 bits per heavy atom. The second-order valence-corrected chi connectivity index (χ2v) is 7.07. The van der Waals surface area contributed by atoms with Crippen LogP contribution in [0.3, 0.4) is 0 Å². The largest absolute Gasteiger partial charge is 0.111 e. The average Bonchev–Trinajstić information content (AvgIpc) is 1.96. The van der Waals surface area contributed by atoms with Gasteiger partial charge < -0.3 is 0 Å². The van der Waals surface area contributed by atoms with E-state index in [4.69, 9.17) is 12.2 Å². The van der Waals surface area contributed by atoms with Gasteiger partial charge in [0, 0.05) is 0 Å². The number of rotatable bonds is 3. The second-order valence-electron chi connectivity index (χ2n) is 3.97. The molecule has 3 heteroatoms. The van der Waals surface area contributed by atoms with Gasteiger partial charge in [-0.3, -0.25) is 0 Å². The van der Waals surface area contributed by atoms with Crippen LogP contribution in [0.5, 0.6) is 0 Å². The second kappa shape index (κ2) is 6.28. The summed E-state index contributed by atoms with van der Waals surface area (Å²) in [7, 11) is 0. The van der Waals surface area contributed by atoms with Gasteiger partial charge in [0.15, 0.2) is 0 Å². The van der Waals surface area contributed by atoms with Crippen LogP contribution in [0.2, 0.25) is 0 Å². The van der Waals surface area contributed by atoms with Crippen LogP contribution in [0.4, 0.5) is 0 Å². The molecule has 0 nitrogen and oxygen atoms in total. The summed E-state index contributed by atoms with van der Waals surface area (Å²) in [4.78, 5) is 0. The van der Waals surface area contributed by atoms with Crippen LogP contribution in [0.15, 0.2) is 0 Å². The third-order valence-electron chi connectivity index (χ3n) is 1.46. The van der Waals surface area contributed by atoms with Crippen LogP contribution in [0.1, 0.15) is 33.6 Å². The van der Waals surface area contributed by atoms with Crippen LogP contribution >= 0.6 is 35.7 Å². The highest BCUT2D eigenvalue weighted by molar-refractivity contribution is 8.46. The minimum atomic E-state index is 0.474. The number of hydrogen-bond donors (Lipinski definition) is 0. The predicted octanol–water partition coefficient (Wildman–Crippen LogP) is 4.19. The van der Waals surface area contributed by atoms with E-state index >= 15 is 0 Å². The summed E-state index contributed by atoms with van der Waals surface area (Å²) in [5, 5.41) is 0. The molecule has 0 fully saturated rings. The van der Waals surface area contributed by atoms with Gasteiger partial charge in [0.05, 0.1) is 0 Å². The van der Waals surface area contributed by atoms with Gasteiger partial charge in [-0.05, 0) is 30.3 Å². The Morgan fingerprint density at radius 1 is 1.33 bits per heavy atom. The lowest BCUT2D eigenvalue weighted by atomic mass is 9.91. The first-order chi connectivity index (χ1) is 5.45. The molecule has 0 amide bonds. The van der Waals surface area contributed by atoms with Crippen LogP contribution < -0.4 is 0 Å². The van der Waals surface area contributed by atoms with Crippen molar-refractivity contribution in [1.82, 2.24) is 0 Å². The van der Waals surface area contributed by atoms with E-state index in [2.05, 4.69) is 20.8 Å². The topological polar surface area (TPSA) is 0 Å². The molecule has 12 heavy (non-hydrogen) atoms. The molecule has 0 bridgehead atoms. The van der Waals surface area contributed by atoms with Gasteiger partial charge in [0.1, 0.15) is 3.53 Å². The molecular weight excluding hydrogens is 204 g/mol. The van der Waals surface area contributed by atoms with E-state index in [0.29, 0.717) is 5.41 Å². The Bertz CT molecular complexity index is 135. The lowest BCUT2D eigenvalue weighted by Crippen LogP contribution is -2.04. The Balaban J connectivity index is 3.28. The van der Waals surface area contributed by atoms with E-state index in [1.807, 2.05) is 18.0 Å². The van der Waals surface area contributed by atoms with Crippen LogP contribution in [-0.4, -0.2) is 15.5 Å². The van der Waals surface area contributed by atoms with E-state index in [0.717, 1.165) is 3.53 Å². The maximum absolute atomic E-state index is 5.09.